The van der Waals surface area contributed by atoms with Crippen LogP contribution in [0.25, 0.3) is 0 Å². The maximum atomic E-state index is 13.7. The summed E-state index contributed by atoms with van der Waals surface area (Å²) in [6, 6.07) is 9.21. The van der Waals surface area contributed by atoms with E-state index in [9.17, 15) is 14.0 Å². The Hall–Kier alpha value is -2.60. The van der Waals surface area contributed by atoms with E-state index in [1.807, 2.05) is 13.8 Å². The average molecular weight is 393 g/mol. The van der Waals surface area contributed by atoms with Crippen LogP contribution in [0, 0.1) is 5.82 Å². The summed E-state index contributed by atoms with van der Waals surface area (Å²) in [5, 5.41) is 5.90. The summed E-state index contributed by atoms with van der Waals surface area (Å²) in [5.74, 6) is -0.915. The van der Waals surface area contributed by atoms with Gasteiger partial charge in [0, 0.05) is 17.5 Å². The summed E-state index contributed by atoms with van der Waals surface area (Å²) in [5.41, 5.74) is 1.34. The van der Waals surface area contributed by atoms with E-state index in [1.165, 1.54) is 25.3 Å². The molecule has 0 fully saturated rings. The normalized spacial score (nSPS) is 10.6. The van der Waals surface area contributed by atoms with E-state index < -0.39 is 5.82 Å². The molecule has 0 saturated heterocycles. The van der Waals surface area contributed by atoms with E-state index in [2.05, 4.69) is 10.6 Å². The van der Waals surface area contributed by atoms with Gasteiger partial charge in [-0.2, -0.15) is 0 Å². The first-order valence-electron chi connectivity index (χ1n) is 8.53. The molecular weight excluding hydrogens is 371 g/mol. The fraction of sp³-hybridized carbons (Fsp3) is 0.300. The lowest BCUT2D eigenvalue weighted by Gasteiger charge is -2.14. The van der Waals surface area contributed by atoms with Crippen molar-refractivity contribution in [3.8, 4) is 5.75 Å². The lowest BCUT2D eigenvalue weighted by Crippen LogP contribution is -2.31. The molecule has 0 aliphatic rings. The molecule has 0 atom stereocenters. The Morgan fingerprint density at radius 3 is 2.56 bits per heavy atom. The molecule has 0 bridgehead atoms. The Bertz CT molecular complexity index is 840. The molecule has 144 valence electrons. The first kappa shape index (κ1) is 20.7. The van der Waals surface area contributed by atoms with Crippen LogP contribution in [0.2, 0.25) is 5.02 Å². The zero-order valence-corrected chi connectivity index (χ0v) is 16.2. The quantitative estimate of drug-likeness (QED) is 0.742. The fourth-order valence-corrected chi connectivity index (χ4v) is 2.67. The van der Waals surface area contributed by atoms with Crippen molar-refractivity contribution < 1.29 is 18.7 Å². The summed E-state index contributed by atoms with van der Waals surface area (Å²) < 4.78 is 18.6. The number of ether oxygens (including phenoxy) is 1. The molecule has 0 aliphatic carbocycles. The van der Waals surface area contributed by atoms with Crippen LogP contribution in [0.15, 0.2) is 36.4 Å². The SMILES string of the molecule is COc1ccc(CCC(=O)Nc2cc(Cl)ccc2C(=O)NC(C)C)cc1F. The van der Waals surface area contributed by atoms with Crippen LogP contribution in [0.5, 0.6) is 5.75 Å². The van der Waals surface area contributed by atoms with Crippen molar-refractivity contribution in [2.75, 3.05) is 12.4 Å². The molecule has 0 aliphatic heterocycles. The van der Waals surface area contributed by atoms with E-state index in [0.717, 1.165) is 0 Å². The zero-order valence-electron chi connectivity index (χ0n) is 15.4. The van der Waals surface area contributed by atoms with Gasteiger partial charge >= 0.3 is 0 Å². The summed E-state index contributed by atoms with van der Waals surface area (Å²) in [4.78, 5) is 24.6. The second-order valence-electron chi connectivity index (χ2n) is 6.34. The highest BCUT2D eigenvalue weighted by atomic mass is 35.5. The summed E-state index contributed by atoms with van der Waals surface area (Å²) in [6.07, 6.45) is 0.477. The number of carbonyl (C=O) groups is 2. The number of aryl methyl sites for hydroxylation is 1. The number of carbonyl (C=O) groups excluding carboxylic acids is 2. The molecule has 7 heteroatoms. The van der Waals surface area contributed by atoms with Gasteiger partial charge in [0.15, 0.2) is 11.6 Å². The number of nitrogens with one attached hydrogen (secondary N) is 2. The molecule has 0 aromatic heterocycles. The maximum Gasteiger partial charge on any atom is 0.253 e. The largest absolute Gasteiger partial charge is 0.494 e. The van der Waals surface area contributed by atoms with Crippen LogP contribution >= 0.6 is 11.6 Å². The van der Waals surface area contributed by atoms with E-state index >= 15 is 0 Å². The van der Waals surface area contributed by atoms with Crippen molar-refractivity contribution >= 4 is 29.1 Å². The number of hydrogen-bond donors (Lipinski definition) is 2. The van der Waals surface area contributed by atoms with Gasteiger partial charge in [0.25, 0.3) is 5.91 Å². The molecule has 0 unspecified atom stereocenters. The highest BCUT2D eigenvalue weighted by Crippen LogP contribution is 2.22. The number of methoxy groups -OCH3 is 1. The highest BCUT2D eigenvalue weighted by Gasteiger charge is 2.15. The third kappa shape index (κ3) is 5.96. The van der Waals surface area contributed by atoms with E-state index in [-0.39, 0.29) is 30.0 Å². The number of hydrogen-bond acceptors (Lipinski definition) is 3. The van der Waals surface area contributed by atoms with Gasteiger partial charge in [-0.15, -0.1) is 0 Å². The van der Waals surface area contributed by atoms with Gasteiger partial charge in [-0.1, -0.05) is 17.7 Å². The van der Waals surface area contributed by atoms with Crippen LogP contribution < -0.4 is 15.4 Å². The molecule has 2 aromatic carbocycles. The zero-order chi connectivity index (χ0) is 20.0. The Morgan fingerprint density at radius 2 is 1.93 bits per heavy atom. The molecule has 0 heterocycles. The minimum Gasteiger partial charge on any atom is -0.494 e. The van der Waals surface area contributed by atoms with Crippen LogP contribution in [0.1, 0.15) is 36.2 Å². The van der Waals surface area contributed by atoms with Crippen molar-refractivity contribution in [1.82, 2.24) is 5.32 Å². The molecule has 0 spiro atoms. The Kier molecular flexibility index (Phi) is 7.19. The van der Waals surface area contributed by atoms with Crippen molar-refractivity contribution in [3.63, 3.8) is 0 Å². The predicted octanol–water partition coefficient (Wildman–Crippen LogP) is 4.20. The number of anilines is 1. The number of halogens is 2. The van der Waals surface area contributed by atoms with Crippen molar-refractivity contribution in [3.05, 3.63) is 58.4 Å². The summed E-state index contributed by atoms with van der Waals surface area (Å²) in [7, 11) is 1.39. The molecule has 2 N–H and O–H groups in total. The van der Waals surface area contributed by atoms with Crippen LogP contribution in [0.3, 0.4) is 0 Å². The van der Waals surface area contributed by atoms with Crippen molar-refractivity contribution in [2.45, 2.75) is 32.7 Å². The Morgan fingerprint density at radius 1 is 1.19 bits per heavy atom. The monoisotopic (exact) mass is 392 g/mol. The number of rotatable bonds is 7. The van der Waals surface area contributed by atoms with Crippen LogP contribution in [-0.4, -0.2) is 25.0 Å². The lowest BCUT2D eigenvalue weighted by atomic mass is 10.1. The molecule has 5 nitrogen and oxygen atoms in total. The highest BCUT2D eigenvalue weighted by molar-refractivity contribution is 6.31. The molecule has 2 amide bonds. The third-order valence-corrected chi connectivity index (χ3v) is 4.01. The van der Waals surface area contributed by atoms with Gasteiger partial charge in [-0.3, -0.25) is 9.59 Å². The summed E-state index contributed by atoms with van der Waals surface area (Å²) >= 11 is 5.99. The van der Waals surface area contributed by atoms with Gasteiger partial charge < -0.3 is 15.4 Å². The number of amides is 2. The second-order valence-corrected chi connectivity index (χ2v) is 6.77. The van der Waals surface area contributed by atoms with Crippen LogP contribution in [-0.2, 0) is 11.2 Å². The fourth-order valence-electron chi connectivity index (χ4n) is 2.49. The molecule has 0 radical (unpaired) electrons. The Balaban J connectivity index is 2.05. The molecule has 2 aromatic rings. The van der Waals surface area contributed by atoms with E-state index in [0.29, 0.717) is 28.3 Å². The second kappa shape index (κ2) is 9.37. The minimum absolute atomic E-state index is 0.0401. The van der Waals surface area contributed by atoms with Gasteiger partial charge in [0.05, 0.1) is 18.4 Å². The van der Waals surface area contributed by atoms with Crippen molar-refractivity contribution in [1.29, 1.82) is 0 Å². The van der Waals surface area contributed by atoms with Gasteiger partial charge in [-0.05, 0) is 56.2 Å². The molecule has 2 rings (SSSR count). The predicted molar refractivity (Wildman–Crippen MR) is 104 cm³/mol. The average Bonchev–Trinajstić information content (AvgIpc) is 2.59. The van der Waals surface area contributed by atoms with Gasteiger partial charge in [-0.25, -0.2) is 4.39 Å². The molecule has 27 heavy (non-hydrogen) atoms. The van der Waals surface area contributed by atoms with E-state index in [1.54, 1.807) is 18.2 Å². The molecule has 0 saturated carbocycles. The van der Waals surface area contributed by atoms with Gasteiger partial charge in [0.2, 0.25) is 5.91 Å². The van der Waals surface area contributed by atoms with Gasteiger partial charge in [0.1, 0.15) is 0 Å². The number of benzene rings is 2. The van der Waals surface area contributed by atoms with Crippen LogP contribution in [0.4, 0.5) is 10.1 Å². The molecular formula is C20H22ClFN2O3. The summed E-state index contributed by atoms with van der Waals surface area (Å²) in [6.45, 7) is 3.69. The first-order valence-corrected chi connectivity index (χ1v) is 8.90. The van der Waals surface area contributed by atoms with Crippen molar-refractivity contribution in [2.24, 2.45) is 0 Å². The van der Waals surface area contributed by atoms with E-state index in [4.69, 9.17) is 16.3 Å². The smallest absolute Gasteiger partial charge is 0.253 e. The lowest BCUT2D eigenvalue weighted by molar-refractivity contribution is -0.116. The first-order chi connectivity index (χ1) is 12.8. The Labute approximate surface area is 162 Å². The third-order valence-electron chi connectivity index (χ3n) is 3.78. The maximum absolute atomic E-state index is 13.7. The minimum atomic E-state index is -0.474. The standard InChI is InChI=1S/C20H22ClFN2O3/c1-12(2)23-20(26)15-7-6-14(21)11-17(15)24-19(25)9-5-13-4-8-18(27-3)16(22)10-13/h4,6-8,10-12H,5,9H2,1-3H3,(H,23,26)(H,24,25). The topological polar surface area (TPSA) is 67.4 Å².